The number of hydrogen-bond donors (Lipinski definition) is 3. The molecule has 4 rings (SSSR count). The van der Waals surface area contributed by atoms with Crippen LogP contribution < -0.4 is 10.6 Å². The van der Waals surface area contributed by atoms with Crippen LogP contribution in [0.3, 0.4) is 0 Å². The molecule has 23 heavy (non-hydrogen) atoms. The molecule has 3 heterocycles. The van der Waals surface area contributed by atoms with E-state index < -0.39 is 5.82 Å². The third-order valence-corrected chi connectivity index (χ3v) is 3.49. The predicted molar refractivity (Wildman–Crippen MR) is 82.9 cm³/mol. The van der Waals surface area contributed by atoms with Gasteiger partial charge < -0.3 is 15.1 Å². The molecule has 0 aliphatic carbocycles. The summed E-state index contributed by atoms with van der Waals surface area (Å²) in [4.78, 5) is 12.0. The van der Waals surface area contributed by atoms with Gasteiger partial charge >= 0.3 is 0 Å². The topological polar surface area (TPSA) is 83.0 Å². The molecule has 1 amide bonds. The monoisotopic (exact) mass is 310 g/mol. The standard InChI is InChI=1S/C16H11FN4O2/c17-9-3-4-10-11(16(22)19-12(10)6-9)8-18-15-7-13(20-21-15)14-2-1-5-23-14/h1-8H,(H,19,22)(H2,18,20,21)/b11-8+. The van der Waals surface area contributed by atoms with E-state index >= 15 is 0 Å². The number of furan rings is 1. The first-order valence-corrected chi connectivity index (χ1v) is 6.88. The van der Waals surface area contributed by atoms with Crippen molar-refractivity contribution in [2.45, 2.75) is 0 Å². The van der Waals surface area contributed by atoms with Crippen molar-refractivity contribution in [1.82, 2.24) is 10.2 Å². The fourth-order valence-electron chi connectivity index (χ4n) is 2.41. The summed E-state index contributed by atoms with van der Waals surface area (Å²) >= 11 is 0. The summed E-state index contributed by atoms with van der Waals surface area (Å²) < 4.78 is 18.5. The number of carbonyl (C=O) groups is 1. The Kier molecular flexibility index (Phi) is 2.97. The Morgan fingerprint density at radius 3 is 3.00 bits per heavy atom. The largest absolute Gasteiger partial charge is 0.463 e. The molecule has 0 unspecified atom stereocenters. The van der Waals surface area contributed by atoms with E-state index in [0.717, 1.165) is 0 Å². The van der Waals surface area contributed by atoms with E-state index in [4.69, 9.17) is 4.42 Å². The minimum Gasteiger partial charge on any atom is -0.463 e. The second-order valence-corrected chi connectivity index (χ2v) is 4.99. The van der Waals surface area contributed by atoms with Gasteiger partial charge in [-0.3, -0.25) is 9.89 Å². The maximum atomic E-state index is 13.2. The molecule has 0 atom stereocenters. The molecule has 7 heteroatoms. The average Bonchev–Trinajstić information content (AvgIpc) is 3.24. The first kappa shape index (κ1) is 13.3. The van der Waals surface area contributed by atoms with Crippen LogP contribution in [0.4, 0.5) is 15.9 Å². The number of benzene rings is 1. The molecule has 0 spiro atoms. The molecule has 0 bridgehead atoms. The molecule has 2 aromatic heterocycles. The minimum absolute atomic E-state index is 0.292. The normalized spacial score (nSPS) is 14.8. The number of amides is 1. The molecular formula is C16H11FN4O2. The fraction of sp³-hybridized carbons (Fsp3) is 0. The first-order valence-electron chi connectivity index (χ1n) is 6.88. The van der Waals surface area contributed by atoms with Crippen molar-refractivity contribution in [2.24, 2.45) is 0 Å². The van der Waals surface area contributed by atoms with Crippen LogP contribution >= 0.6 is 0 Å². The average molecular weight is 310 g/mol. The second-order valence-electron chi connectivity index (χ2n) is 4.99. The number of nitrogens with zero attached hydrogens (tertiary/aromatic N) is 1. The molecule has 0 saturated heterocycles. The van der Waals surface area contributed by atoms with Crippen LogP contribution in [0.25, 0.3) is 17.0 Å². The summed E-state index contributed by atoms with van der Waals surface area (Å²) in [6.45, 7) is 0. The highest BCUT2D eigenvalue weighted by Crippen LogP contribution is 2.32. The van der Waals surface area contributed by atoms with Crippen LogP contribution in [-0.2, 0) is 4.79 Å². The second kappa shape index (κ2) is 5.13. The van der Waals surface area contributed by atoms with Gasteiger partial charge in [0.2, 0.25) is 0 Å². The summed E-state index contributed by atoms with van der Waals surface area (Å²) in [5.74, 6) is 0.512. The van der Waals surface area contributed by atoms with E-state index in [1.54, 1.807) is 30.7 Å². The maximum absolute atomic E-state index is 13.2. The quantitative estimate of drug-likeness (QED) is 0.649. The number of carbonyl (C=O) groups excluding carboxylic acids is 1. The molecule has 3 aromatic rings. The van der Waals surface area contributed by atoms with Gasteiger partial charge in [0.05, 0.1) is 17.5 Å². The molecule has 3 N–H and O–H groups in total. The van der Waals surface area contributed by atoms with Crippen LogP contribution in [0.15, 0.2) is 53.3 Å². The van der Waals surface area contributed by atoms with Gasteiger partial charge in [-0.25, -0.2) is 4.39 Å². The van der Waals surface area contributed by atoms with Gasteiger partial charge in [-0.1, -0.05) is 0 Å². The lowest BCUT2D eigenvalue weighted by atomic mass is 10.1. The summed E-state index contributed by atoms with van der Waals surface area (Å²) in [6.07, 6.45) is 3.12. The van der Waals surface area contributed by atoms with Gasteiger partial charge in [-0.05, 0) is 30.3 Å². The van der Waals surface area contributed by atoms with Gasteiger partial charge in [-0.15, -0.1) is 0 Å². The van der Waals surface area contributed by atoms with E-state index in [-0.39, 0.29) is 5.91 Å². The van der Waals surface area contributed by atoms with Gasteiger partial charge in [0.25, 0.3) is 5.91 Å². The molecule has 6 nitrogen and oxygen atoms in total. The Bertz CT molecular complexity index is 912. The first-order chi connectivity index (χ1) is 11.2. The summed E-state index contributed by atoms with van der Waals surface area (Å²) in [6, 6.07) is 9.52. The predicted octanol–water partition coefficient (Wildman–Crippen LogP) is 3.21. The number of fused-ring (bicyclic) bond motifs is 1. The highest BCUT2D eigenvalue weighted by atomic mass is 19.1. The van der Waals surface area contributed by atoms with E-state index in [0.29, 0.717) is 34.1 Å². The van der Waals surface area contributed by atoms with Crippen LogP contribution in [-0.4, -0.2) is 16.1 Å². The van der Waals surface area contributed by atoms with Crippen molar-refractivity contribution >= 4 is 23.0 Å². The number of anilines is 2. The van der Waals surface area contributed by atoms with Crippen LogP contribution in [0.2, 0.25) is 0 Å². The van der Waals surface area contributed by atoms with Gasteiger partial charge in [0.15, 0.2) is 11.6 Å². The van der Waals surface area contributed by atoms with Gasteiger partial charge in [0, 0.05) is 17.8 Å². The molecule has 0 fully saturated rings. The molecule has 0 saturated carbocycles. The Hall–Kier alpha value is -3.35. The van der Waals surface area contributed by atoms with Crippen molar-refractivity contribution in [2.75, 3.05) is 10.6 Å². The summed E-state index contributed by atoms with van der Waals surface area (Å²) in [7, 11) is 0. The Balaban J connectivity index is 1.59. The number of rotatable bonds is 3. The smallest absolute Gasteiger partial charge is 0.257 e. The Labute approximate surface area is 130 Å². The molecule has 114 valence electrons. The Morgan fingerprint density at radius 2 is 2.17 bits per heavy atom. The Morgan fingerprint density at radius 1 is 1.26 bits per heavy atom. The van der Waals surface area contributed by atoms with Gasteiger partial charge in [-0.2, -0.15) is 5.10 Å². The number of hydrogen-bond acceptors (Lipinski definition) is 4. The number of nitrogens with one attached hydrogen (secondary N) is 3. The lowest BCUT2D eigenvalue weighted by molar-refractivity contribution is -0.110. The van der Waals surface area contributed by atoms with Crippen molar-refractivity contribution in [3.63, 3.8) is 0 Å². The summed E-state index contributed by atoms with van der Waals surface area (Å²) in [5.41, 5.74) is 2.24. The highest BCUT2D eigenvalue weighted by Gasteiger charge is 2.24. The van der Waals surface area contributed by atoms with Gasteiger partial charge in [0.1, 0.15) is 11.5 Å². The van der Waals surface area contributed by atoms with Crippen LogP contribution in [0.5, 0.6) is 0 Å². The van der Waals surface area contributed by atoms with E-state index in [1.807, 2.05) is 6.07 Å². The summed E-state index contributed by atoms with van der Waals surface area (Å²) in [5, 5.41) is 12.5. The molecule has 1 aliphatic heterocycles. The fourth-order valence-corrected chi connectivity index (χ4v) is 2.41. The van der Waals surface area contributed by atoms with E-state index in [1.165, 1.54) is 12.1 Å². The molecule has 0 radical (unpaired) electrons. The third-order valence-electron chi connectivity index (χ3n) is 3.49. The number of halogens is 1. The molecular weight excluding hydrogens is 299 g/mol. The zero-order chi connectivity index (χ0) is 15.8. The number of H-pyrrole nitrogens is 1. The third kappa shape index (κ3) is 2.38. The number of aromatic amines is 1. The zero-order valence-electron chi connectivity index (χ0n) is 11.8. The van der Waals surface area contributed by atoms with Crippen LogP contribution in [0.1, 0.15) is 5.56 Å². The van der Waals surface area contributed by atoms with E-state index in [9.17, 15) is 9.18 Å². The number of aromatic nitrogens is 2. The highest BCUT2D eigenvalue weighted by molar-refractivity contribution is 6.31. The SMILES string of the molecule is O=C1Nc2cc(F)ccc2/C1=C\Nc1cc(-c2ccco2)[nH]n1. The minimum atomic E-state index is -0.395. The van der Waals surface area contributed by atoms with Crippen molar-refractivity contribution in [3.8, 4) is 11.5 Å². The lowest BCUT2D eigenvalue weighted by Crippen LogP contribution is -2.05. The lowest BCUT2D eigenvalue weighted by Gasteiger charge is -1.99. The van der Waals surface area contributed by atoms with Crippen molar-refractivity contribution in [1.29, 1.82) is 0 Å². The molecule has 1 aliphatic rings. The van der Waals surface area contributed by atoms with Crippen LogP contribution in [0, 0.1) is 5.82 Å². The van der Waals surface area contributed by atoms with E-state index in [2.05, 4.69) is 20.8 Å². The van der Waals surface area contributed by atoms with Crippen molar-refractivity contribution < 1.29 is 13.6 Å². The zero-order valence-corrected chi connectivity index (χ0v) is 11.8. The van der Waals surface area contributed by atoms with Crippen molar-refractivity contribution in [3.05, 3.63) is 60.2 Å². The maximum Gasteiger partial charge on any atom is 0.257 e. The molecule has 1 aromatic carbocycles.